The van der Waals surface area contributed by atoms with E-state index in [0.29, 0.717) is 0 Å². The van der Waals surface area contributed by atoms with Crippen molar-refractivity contribution in [2.24, 2.45) is 0 Å². The van der Waals surface area contributed by atoms with E-state index in [-0.39, 0.29) is 6.03 Å². The number of thiazole rings is 1. The summed E-state index contributed by atoms with van der Waals surface area (Å²) in [4.78, 5) is 16.8. The molecule has 6 heteroatoms. The second kappa shape index (κ2) is 8.24. The monoisotopic (exact) mass is 391 g/mol. The molecular weight excluding hydrogens is 374 g/mol. The van der Waals surface area contributed by atoms with Gasteiger partial charge in [-0.2, -0.15) is 0 Å². The maximum Gasteiger partial charge on any atom is 0.323 e. The van der Waals surface area contributed by atoms with Crippen molar-refractivity contribution < 1.29 is 4.79 Å². The highest BCUT2D eigenvalue weighted by molar-refractivity contribution is 8.00. The normalized spacial score (nSPS) is 10.7. The number of hydrogen-bond donors (Lipinski definition) is 2. The van der Waals surface area contributed by atoms with E-state index < -0.39 is 0 Å². The second-order valence-electron chi connectivity index (χ2n) is 5.88. The van der Waals surface area contributed by atoms with E-state index in [1.165, 1.54) is 5.56 Å². The number of carbonyl (C=O) groups excluding carboxylic acids is 1. The fourth-order valence-electron chi connectivity index (χ4n) is 2.58. The molecule has 0 aliphatic rings. The summed E-state index contributed by atoms with van der Waals surface area (Å²) in [5.74, 6) is 0.894. The Bertz CT molecular complexity index is 1050. The van der Waals surface area contributed by atoms with Crippen LogP contribution in [0, 0.1) is 0 Å². The van der Waals surface area contributed by atoms with Crippen LogP contribution in [-0.4, -0.2) is 11.0 Å². The average Bonchev–Trinajstić information content (AvgIpc) is 3.10. The molecule has 2 N–H and O–H groups in total. The predicted molar refractivity (Wildman–Crippen MR) is 115 cm³/mol. The summed E-state index contributed by atoms with van der Waals surface area (Å²) in [6.45, 7) is 0. The number of amides is 2. The predicted octanol–water partition coefficient (Wildman–Crippen LogP) is 6.23. The maximum absolute atomic E-state index is 12.1. The number of carbonyl (C=O) groups is 1. The second-order valence-corrected chi connectivity index (χ2v) is 8.13. The van der Waals surface area contributed by atoms with Gasteiger partial charge in [0, 0.05) is 17.1 Å². The highest BCUT2D eigenvalue weighted by atomic mass is 32.2. The van der Waals surface area contributed by atoms with Crippen LogP contribution in [0.4, 0.5) is 16.2 Å². The molecule has 134 valence electrons. The first kappa shape index (κ1) is 17.6. The summed E-state index contributed by atoms with van der Waals surface area (Å²) in [6.07, 6.45) is 0. The van der Waals surface area contributed by atoms with Gasteiger partial charge in [0.15, 0.2) is 4.34 Å². The van der Waals surface area contributed by atoms with Crippen molar-refractivity contribution in [3.63, 3.8) is 0 Å². The van der Waals surface area contributed by atoms with Gasteiger partial charge < -0.3 is 10.6 Å². The topological polar surface area (TPSA) is 54.0 Å². The zero-order valence-corrected chi connectivity index (χ0v) is 16.0. The van der Waals surface area contributed by atoms with Crippen molar-refractivity contribution in [1.82, 2.24) is 4.98 Å². The lowest BCUT2D eigenvalue weighted by molar-refractivity contribution is 0.262. The number of aromatic nitrogens is 1. The molecular formula is C21H17N3OS2. The van der Waals surface area contributed by atoms with Gasteiger partial charge in [0.1, 0.15) is 0 Å². The number of anilines is 2. The molecule has 1 aromatic heterocycles. The van der Waals surface area contributed by atoms with Crippen LogP contribution in [0.3, 0.4) is 0 Å². The van der Waals surface area contributed by atoms with Crippen LogP contribution in [0.1, 0.15) is 5.56 Å². The largest absolute Gasteiger partial charge is 0.323 e. The zero-order chi connectivity index (χ0) is 18.5. The van der Waals surface area contributed by atoms with Crippen molar-refractivity contribution in [3.05, 3.63) is 84.4 Å². The van der Waals surface area contributed by atoms with Gasteiger partial charge in [0.25, 0.3) is 0 Å². The average molecular weight is 392 g/mol. The number of nitrogens with one attached hydrogen (secondary N) is 2. The Kier molecular flexibility index (Phi) is 5.37. The number of hydrogen-bond acceptors (Lipinski definition) is 4. The summed E-state index contributed by atoms with van der Waals surface area (Å²) in [6, 6.07) is 25.2. The molecule has 4 nitrogen and oxygen atoms in total. The molecule has 0 aliphatic heterocycles. The quantitative estimate of drug-likeness (QED) is 0.396. The highest BCUT2D eigenvalue weighted by Crippen LogP contribution is 2.32. The number of urea groups is 1. The summed E-state index contributed by atoms with van der Waals surface area (Å²) >= 11 is 3.37. The molecule has 0 bridgehead atoms. The van der Waals surface area contributed by atoms with Gasteiger partial charge in [-0.05, 0) is 35.9 Å². The molecule has 0 atom stereocenters. The van der Waals surface area contributed by atoms with Crippen LogP contribution in [0.5, 0.6) is 0 Å². The fraction of sp³-hybridized carbons (Fsp3) is 0.0476. The minimum absolute atomic E-state index is 0.260. The third-order valence-electron chi connectivity index (χ3n) is 3.86. The molecule has 27 heavy (non-hydrogen) atoms. The molecule has 0 saturated heterocycles. The van der Waals surface area contributed by atoms with Crippen LogP contribution >= 0.6 is 23.1 Å². The molecule has 2 amide bonds. The molecule has 0 fully saturated rings. The van der Waals surface area contributed by atoms with Crippen LogP contribution in [0.2, 0.25) is 0 Å². The molecule has 0 unspecified atom stereocenters. The molecule has 0 saturated carbocycles. The molecule has 0 radical (unpaired) electrons. The Morgan fingerprint density at radius 1 is 0.889 bits per heavy atom. The lowest BCUT2D eigenvalue weighted by Crippen LogP contribution is -2.19. The number of para-hydroxylation sites is 1. The van der Waals surface area contributed by atoms with E-state index in [9.17, 15) is 4.79 Å². The fourth-order valence-corrected chi connectivity index (χ4v) is 4.64. The van der Waals surface area contributed by atoms with Gasteiger partial charge in [-0.25, -0.2) is 9.78 Å². The van der Waals surface area contributed by atoms with E-state index in [1.54, 1.807) is 23.1 Å². The van der Waals surface area contributed by atoms with Crippen LogP contribution in [-0.2, 0) is 5.75 Å². The van der Waals surface area contributed by atoms with Gasteiger partial charge in [-0.3, -0.25) is 0 Å². The third-order valence-corrected chi connectivity index (χ3v) is 6.10. The van der Waals surface area contributed by atoms with Crippen LogP contribution in [0.25, 0.3) is 10.2 Å². The van der Waals surface area contributed by atoms with Crippen LogP contribution < -0.4 is 10.6 Å². The first-order valence-electron chi connectivity index (χ1n) is 8.47. The van der Waals surface area contributed by atoms with Crippen molar-refractivity contribution >= 4 is 50.7 Å². The number of nitrogens with zero attached hydrogens (tertiary/aromatic N) is 1. The maximum atomic E-state index is 12.1. The Hall–Kier alpha value is -2.83. The van der Waals surface area contributed by atoms with E-state index in [2.05, 4.69) is 27.8 Å². The molecule has 3 aromatic carbocycles. The summed E-state index contributed by atoms with van der Waals surface area (Å²) in [7, 11) is 0. The Morgan fingerprint density at radius 2 is 1.59 bits per heavy atom. The lowest BCUT2D eigenvalue weighted by atomic mass is 10.2. The first-order valence-corrected chi connectivity index (χ1v) is 10.3. The SMILES string of the molecule is O=C(Nc1ccccc1)Nc1ccc2nc(SCc3ccccc3)sc2c1. The highest BCUT2D eigenvalue weighted by Gasteiger charge is 2.08. The van der Waals surface area contributed by atoms with Gasteiger partial charge in [-0.1, -0.05) is 60.3 Å². The number of rotatable bonds is 5. The minimum atomic E-state index is -0.260. The third kappa shape index (κ3) is 4.67. The summed E-state index contributed by atoms with van der Waals surface area (Å²) in [5, 5.41) is 5.69. The van der Waals surface area contributed by atoms with E-state index in [4.69, 9.17) is 0 Å². The van der Waals surface area contributed by atoms with Gasteiger partial charge >= 0.3 is 6.03 Å². The molecule has 0 aliphatic carbocycles. The van der Waals surface area contributed by atoms with Crippen molar-refractivity contribution in [3.8, 4) is 0 Å². The van der Waals surface area contributed by atoms with E-state index in [0.717, 1.165) is 31.7 Å². The van der Waals surface area contributed by atoms with Crippen molar-refractivity contribution in [2.75, 3.05) is 10.6 Å². The number of benzene rings is 3. The summed E-state index contributed by atoms with van der Waals surface area (Å²) in [5.41, 5.74) is 3.74. The standard InChI is InChI=1S/C21H17N3OS2/c25-20(22-16-9-5-2-6-10-16)23-17-11-12-18-19(13-17)27-21(24-18)26-14-15-7-3-1-4-8-15/h1-13H,14H2,(H2,22,23,25). The molecule has 4 aromatic rings. The lowest BCUT2D eigenvalue weighted by Gasteiger charge is -2.07. The molecule has 4 rings (SSSR count). The zero-order valence-electron chi connectivity index (χ0n) is 14.4. The number of thioether (sulfide) groups is 1. The minimum Gasteiger partial charge on any atom is -0.308 e. The Balaban J connectivity index is 1.42. The molecule has 0 spiro atoms. The van der Waals surface area contributed by atoms with Gasteiger partial charge in [-0.15, -0.1) is 11.3 Å². The number of fused-ring (bicyclic) bond motifs is 1. The smallest absolute Gasteiger partial charge is 0.308 e. The van der Waals surface area contributed by atoms with E-state index >= 15 is 0 Å². The van der Waals surface area contributed by atoms with Gasteiger partial charge in [0.2, 0.25) is 0 Å². The van der Waals surface area contributed by atoms with Crippen LogP contribution in [0.15, 0.2) is 83.2 Å². The Labute approximate surface area is 165 Å². The summed E-state index contributed by atoms with van der Waals surface area (Å²) < 4.78 is 2.09. The van der Waals surface area contributed by atoms with Crippen molar-refractivity contribution in [1.29, 1.82) is 0 Å². The van der Waals surface area contributed by atoms with Crippen molar-refractivity contribution in [2.45, 2.75) is 10.1 Å². The molecule has 1 heterocycles. The first-order chi connectivity index (χ1) is 13.3. The van der Waals surface area contributed by atoms with Gasteiger partial charge in [0.05, 0.1) is 10.2 Å². The van der Waals surface area contributed by atoms with E-state index in [1.807, 2.05) is 66.7 Å². The Morgan fingerprint density at radius 3 is 2.37 bits per heavy atom.